The molecule has 1 fully saturated rings. The van der Waals surface area contributed by atoms with Crippen LogP contribution in [0.15, 0.2) is 42.5 Å². The van der Waals surface area contributed by atoms with Crippen molar-refractivity contribution >= 4 is 29.3 Å². The van der Waals surface area contributed by atoms with Gasteiger partial charge >= 0.3 is 0 Å². The van der Waals surface area contributed by atoms with Crippen LogP contribution in [-0.4, -0.2) is 54.7 Å². The lowest BCUT2D eigenvalue weighted by molar-refractivity contribution is -0.119. The van der Waals surface area contributed by atoms with E-state index in [-0.39, 0.29) is 11.8 Å². The third kappa shape index (κ3) is 4.99. The molecule has 1 N–H and O–H groups in total. The summed E-state index contributed by atoms with van der Waals surface area (Å²) in [5, 5.41) is 2.88. The van der Waals surface area contributed by atoms with Crippen LogP contribution in [0.3, 0.4) is 0 Å². The molecule has 0 aliphatic carbocycles. The van der Waals surface area contributed by atoms with Gasteiger partial charge < -0.3 is 24.4 Å². The second kappa shape index (κ2) is 10.2. The summed E-state index contributed by atoms with van der Waals surface area (Å²) >= 11 is 1.55. The molecule has 1 heterocycles. The van der Waals surface area contributed by atoms with E-state index in [0.717, 1.165) is 0 Å². The Morgan fingerprint density at radius 1 is 1.07 bits per heavy atom. The fourth-order valence-electron chi connectivity index (χ4n) is 3.11. The van der Waals surface area contributed by atoms with Gasteiger partial charge in [0.2, 0.25) is 5.91 Å². The van der Waals surface area contributed by atoms with Gasteiger partial charge in [-0.1, -0.05) is 0 Å². The van der Waals surface area contributed by atoms with Crippen molar-refractivity contribution in [2.45, 2.75) is 19.9 Å². The summed E-state index contributed by atoms with van der Waals surface area (Å²) in [5.74, 6) is 2.41. The molecule has 30 heavy (non-hydrogen) atoms. The quantitative estimate of drug-likeness (QED) is 0.689. The number of ether oxygens (including phenoxy) is 3. The molecule has 1 saturated heterocycles. The number of rotatable bonds is 8. The maximum Gasteiger partial charge on any atom is 0.255 e. The van der Waals surface area contributed by atoms with Gasteiger partial charge in [0.1, 0.15) is 11.8 Å². The van der Waals surface area contributed by atoms with Gasteiger partial charge in [0.15, 0.2) is 11.5 Å². The first-order chi connectivity index (χ1) is 14.6. The number of anilines is 1. The Hall–Kier alpha value is -2.87. The summed E-state index contributed by atoms with van der Waals surface area (Å²) in [6.07, 6.45) is 0. The molecule has 0 aromatic heterocycles. The number of hydrogen-bond acceptors (Lipinski definition) is 6. The SMILES string of the molecule is CCOc1ccc(C(=O)N2CSCC2C(=O)Nc2ccc(OC)cc2)cc1OCC. The van der Waals surface area contributed by atoms with Crippen LogP contribution in [0, 0.1) is 0 Å². The van der Waals surface area contributed by atoms with Crippen molar-refractivity contribution in [3.8, 4) is 17.2 Å². The van der Waals surface area contributed by atoms with Crippen LogP contribution in [-0.2, 0) is 4.79 Å². The maximum absolute atomic E-state index is 13.1. The largest absolute Gasteiger partial charge is 0.497 e. The molecule has 0 spiro atoms. The molecule has 160 valence electrons. The first kappa shape index (κ1) is 21.8. The Kier molecular flexibility index (Phi) is 7.46. The smallest absolute Gasteiger partial charge is 0.255 e. The van der Waals surface area contributed by atoms with E-state index < -0.39 is 6.04 Å². The highest BCUT2D eigenvalue weighted by Gasteiger charge is 2.35. The Labute approximate surface area is 180 Å². The molecule has 1 atom stereocenters. The number of hydrogen-bond donors (Lipinski definition) is 1. The highest BCUT2D eigenvalue weighted by Crippen LogP contribution is 2.31. The van der Waals surface area contributed by atoms with Gasteiger partial charge in [-0.3, -0.25) is 9.59 Å². The van der Waals surface area contributed by atoms with Crippen LogP contribution in [0.4, 0.5) is 5.69 Å². The number of thioether (sulfide) groups is 1. The lowest BCUT2D eigenvalue weighted by Gasteiger charge is -2.23. The van der Waals surface area contributed by atoms with Crippen molar-refractivity contribution in [3.05, 3.63) is 48.0 Å². The number of amides is 2. The molecule has 1 aliphatic rings. The molecule has 7 nitrogen and oxygen atoms in total. The van der Waals surface area contributed by atoms with Gasteiger partial charge in [-0.2, -0.15) is 0 Å². The summed E-state index contributed by atoms with van der Waals surface area (Å²) in [7, 11) is 1.59. The van der Waals surface area contributed by atoms with E-state index in [0.29, 0.717) is 53.3 Å². The van der Waals surface area contributed by atoms with Gasteiger partial charge in [0.05, 0.1) is 26.2 Å². The topological polar surface area (TPSA) is 77.1 Å². The van der Waals surface area contributed by atoms with Gasteiger partial charge in [-0.15, -0.1) is 11.8 Å². The second-order valence-corrected chi connectivity index (χ2v) is 7.54. The molecule has 0 radical (unpaired) electrons. The van der Waals surface area contributed by atoms with Crippen molar-refractivity contribution in [1.29, 1.82) is 0 Å². The lowest BCUT2D eigenvalue weighted by atomic mass is 10.1. The van der Waals surface area contributed by atoms with Crippen LogP contribution in [0.1, 0.15) is 24.2 Å². The number of benzene rings is 2. The summed E-state index contributed by atoms with van der Waals surface area (Å²) in [6.45, 7) is 4.73. The van der Waals surface area contributed by atoms with Gasteiger partial charge in [-0.05, 0) is 56.3 Å². The molecule has 3 rings (SSSR count). The van der Waals surface area contributed by atoms with Crippen molar-refractivity contribution in [2.24, 2.45) is 0 Å². The van der Waals surface area contributed by atoms with Gasteiger partial charge in [-0.25, -0.2) is 0 Å². The van der Waals surface area contributed by atoms with E-state index in [9.17, 15) is 9.59 Å². The van der Waals surface area contributed by atoms with E-state index in [1.807, 2.05) is 13.8 Å². The fourth-order valence-corrected chi connectivity index (χ4v) is 4.26. The number of carbonyl (C=O) groups is 2. The van der Waals surface area contributed by atoms with Crippen LogP contribution in [0.5, 0.6) is 17.2 Å². The van der Waals surface area contributed by atoms with Crippen LogP contribution in [0.25, 0.3) is 0 Å². The Balaban J connectivity index is 1.74. The normalized spacial score (nSPS) is 15.6. The van der Waals surface area contributed by atoms with Crippen molar-refractivity contribution < 1.29 is 23.8 Å². The van der Waals surface area contributed by atoms with Gasteiger partial charge in [0, 0.05) is 17.0 Å². The minimum absolute atomic E-state index is 0.209. The first-order valence-electron chi connectivity index (χ1n) is 9.80. The summed E-state index contributed by atoms with van der Waals surface area (Å²) < 4.78 is 16.3. The molecular weight excluding hydrogens is 404 g/mol. The third-order valence-electron chi connectivity index (χ3n) is 4.59. The highest BCUT2D eigenvalue weighted by molar-refractivity contribution is 7.99. The molecule has 8 heteroatoms. The van der Waals surface area contributed by atoms with Crippen LogP contribution < -0.4 is 19.5 Å². The predicted octanol–water partition coefficient (Wildman–Crippen LogP) is 3.65. The van der Waals surface area contributed by atoms with Crippen molar-refractivity contribution in [3.63, 3.8) is 0 Å². The zero-order chi connectivity index (χ0) is 21.5. The van der Waals surface area contributed by atoms with Crippen LogP contribution in [0.2, 0.25) is 0 Å². The molecule has 1 aliphatic heterocycles. The lowest BCUT2D eigenvalue weighted by Crippen LogP contribution is -2.44. The second-order valence-electron chi connectivity index (χ2n) is 6.54. The molecule has 0 saturated carbocycles. The summed E-state index contributed by atoms with van der Waals surface area (Å²) in [4.78, 5) is 27.6. The Bertz CT molecular complexity index is 888. The van der Waals surface area contributed by atoms with Gasteiger partial charge in [0.25, 0.3) is 5.91 Å². The minimum Gasteiger partial charge on any atom is -0.497 e. The number of nitrogens with one attached hydrogen (secondary N) is 1. The van der Waals surface area contributed by atoms with Crippen LogP contribution >= 0.6 is 11.8 Å². The third-order valence-corrected chi connectivity index (χ3v) is 5.61. The first-order valence-corrected chi connectivity index (χ1v) is 11.0. The molecular formula is C22H26N2O5S. The zero-order valence-corrected chi connectivity index (χ0v) is 18.2. The molecule has 0 bridgehead atoms. The van der Waals surface area contributed by atoms with E-state index in [4.69, 9.17) is 14.2 Å². The van der Waals surface area contributed by atoms with Crippen molar-refractivity contribution in [2.75, 3.05) is 37.3 Å². The van der Waals surface area contributed by atoms with E-state index in [2.05, 4.69) is 5.32 Å². The summed E-state index contributed by atoms with van der Waals surface area (Å²) in [6, 6.07) is 11.7. The maximum atomic E-state index is 13.1. The standard InChI is InChI=1S/C22H26N2O5S/c1-4-28-19-11-6-15(12-20(19)29-5-2)22(26)24-14-30-13-18(24)21(25)23-16-7-9-17(27-3)10-8-16/h6-12,18H,4-5,13-14H2,1-3H3,(H,23,25). The number of methoxy groups -OCH3 is 1. The average Bonchev–Trinajstić information content (AvgIpc) is 3.25. The average molecular weight is 431 g/mol. The Morgan fingerprint density at radius 3 is 2.43 bits per heavy atom. The molecule has 1 unspecified atom stereocenters. The van der Waals surface area contributed by atoms with Crippen molar-refractivity contribution in [1.82, 2.24) is 4.90 Å². The van der Waals surface area contributed by atoms with E-state index in [1.165, 1.54) is 0 Å². The molecule has 2 aromatic carbocycles. The van der Waals surface area contributed by atoms with E-state index in [1.54, 1.807) is 66.2 Å². The summed E-state index contributed by atoms with van der Waals surface area (Å²) in [5.41, 5.74) is 1.12. The zero-order valence-electron chi connectivity index (χ0n) is 17.3. The number of carbonyl (C=O) groups excluding carboxylic acids is 2. The predicted molar refractivity (Wildman–Crippen MR) is 118 cm³/mol. The highest BCUT2D eigenvalue weighted by atomic mass is 32.2. The molecule has 2 aromatic rings. The monoisotopic (exact) mass is 430 g/mol. The van der Waals surface area contributed by atoms with E-state index >= 15 is 0 Å². The number of nitrogens with zero attached hydrogens (tertiary/aromatic N) is 1. The molecule has 2 amide bonds. The minimum atomic E-state index is -0.549. The fraction of sp³-hybridized carbons (Fsp3) is 0.364. The Morgan fingerprint density at radius 2 is 1.77 bits per heavy atom.